The van der Waals surface area contributed by atoms with E-state index in [9.17, 15) is 9.18 Å². The van der Waals surface area contributed by atoms with E-state index in [1.165, 1.54) is 6.07 Å². The standard InChI is InChI=1S/C18H26ClFN2O/c1-13(2)8-9-21-18(23)14-5-4-10-22(11-14)12-15-16(19)6-3-7-17(15)20/h3,6-7,13-14H,4-5,8-12H2,1-2H3,(H,21,23). The van der Waals surface area contributed by atoms with Gasteiger partial charge in [0, 0.05) is 30.2 Å². The molecular formula is C18H26ClFN2O. The summed E-state index contributed by atoms with van der Waals surface area (Å²) >= 11 is 6.10. The third kappa shape index (κ3) is 5.47. The van der Waals surface area contributed by atoms with Gasteiger partial charge in [0.25, 0.3) is 0 Å². The Hall–Kier alpha value is -1.13. The minimum Gasteiger partial charge on any atom is -0.356 e. The Bertz CT molecular complexity index is 516. The van der Waals surface area contributed by atoms with Crippen molar-refractivity contribution in [2.24, 2.45) is 11.8 Å². The number of benzene rings is 1. The molecule has 3 nitrogen and oxygen atoms in total. The number of likely N-dealkylation sites (tertiary alicyclic amines) is 1. The van der Waals surface area contributed by atoms with Crippen LogP contribution < -0.4 is 5.32 Å². The molecule has 0 saturated carbocycles. The lowest BCUT2D eigenvalue weighted by Gasteiger charge is -2.32. The van der Waals surface area contributed by atoms with Crippen LogP contribution in [-0.4, -0.2) is 30.4 Å². The van der Waals surface area contributed by atoms with Crippen LogP contribution in [0.25, 0.3) is 0 Å². The van der Waals surface area contributed by atoms with Crippen LogP contribution in [0.4, 0.5) is 4.39 Å². The van der Waals surface area contributed by atoms with Crippen molar-refractivity contribution in [1.82, 2.24) is 10.2 Å². The van der Waals surface area contributed by atoms with E-state index in [-0.39, 0.29) is 17.6 Å². The van der Waals surface area contributed by atoms with E-state index in [0.717, 1.165) is 32.4 Å². The smallest absolute Gasteiger partial charge is 0.224 e. The molecule has 1 saturated heterocycles. The number of nitrogens with one attached hydrogen (secondary N) is 1. The minimum absolute atomic E-state index is 0.0125. The predicted octanol–water partition coefficient (Wildman–Crippen LogP) is 3.85. The zero-order valence-corrected chi connectivity index (χ0v) is 14.7. The number of halogens is 2. The van der Waals surface area contributed by atoms with Crippen molar-refractivity contribution in [1.29, 1.82) is 0 Å². The van der Waals surface area contributed by atoms with E-state index in [2.05, 4.69) is 24.1 Å². The Morgan fingerprint density at radius 1 is 1.48 bits per heavy atom. The SMILES string of the molecule is CC(C)CCNC(=O)C1CCCN(Cc2c(F)cccc2Cl)C1. The second-order valence-corrected chi connectivity index (χ2v) is 7.16. The molecule has 2 rings (SSSR count). The molecule has 1 heterocycles. The van der Waals surface area contributed by atoms with Crippen molar-refractivity contribution in [2.45, 2.75) is 39.7 Å². The first-order chi connectivity index (χ1) is 11.0. The van der Waals surface area contributed by atoms with E-state index >= 15 is 0 Å². The molecule has 5 heteroatoms. The lowest BCUT2D eigenvalue weighted by molar-refractivity contribution is -0.126. The van der Waals surface area contributed by atoms with Crippen molar-refractivity contribution < 1.29 is 9.18 Å². The van der Waals surface area contributed by atoms with Gasteiger partial charge in [-0.3, -0.25) is 9.69 Å². The van der Waals surface area contributed by atoms with Crippen LogP contribution in [0.2, 0.25) is 5.02 Å². The maximum Gasteiger partial charge on any atom is 0.224 e. The third-order valence-electron chi connectivity index (χ3n) is 4.34. The number of rotatable bonds is 6. The van der Waals surface area contributed by atoms with Crippen LogP contribution in [0.1, 0.15) is 38.7 Å². The zero-order valence-electron chi connectivity index (χ0n) is 13.9. The molecule has 1 amide bonds. The van der Waals surface area contributed by atoms with Gasteiger partial charge in [0.2, 0.25) is 5.91 Å². The van der Waals surface area contributed by atoms with E-state index in [0.29, 0.717) is 29.6 Å². The van der Waals surface area contributed by atoms with E-state index in [4.69, 9.17) is 11.6 Å². The van der Waals surface area contributed by atoms with Crippen molar-refractivity contribution in [3.8, 4) is 0 Å². The third-order valence-corrected chi connectivity index (χ3v) is 4.69. The largest absolute Gasteiger partial charge is 0.356 e. The van der Waals surface area contributed by atoms with Gasteiger partial charge >= 0.3 is 0 Å². The van der Waals surface area contributed by atoms with Gasteiger partial charge < -0.3 is 5.32 Å². The van der Waals surface area contributed by atoms with Crippen LogP contribution in [0, 0.1) is 17.7 Å². The molecule has 0 bridgehead atoms. The summed E-state index contributed by atoms with van der Waals surface area (Å²) in [4.78, 5) is 14.4. The topological polar surface area (TPSA) is 32.3 Å². The Morgan fingerprint density at radius 3 is 2.96 bits per heavy atom. The van der Waals surface area contributed by atoms with Crippen molar-refractivity contribution in [3.63, 3.8) is 0 Å². The number of carbonyl (C=O) groups excluding carboxylic acids is 1. The molecule has 1 aromatic rings. The summed E-state index contributed by atoms with van der Waals surface area (Å²) in [5.74, 6) is 0.416. The van der Waals surface area contributed by atoms with Gasteiger partial charge in [-0.25, -0.2) is 4.39 Å². The number of hydrogen-bond donors (Lipinski definition) is 1. The fourth-order valence-electron chi connectivity index (χ4n) is 2.95. The number of hydrogen-bond acceptors (Lipinski definition) is 2. The van der Waals surface area contributed by atoms with Gasteiger partial charge in [0.15, 0.2) is 0 Å². The fourth-order valence-corrected chi connectivity index (χ4v) is 3.17. The number of piperidine rings is 1. The first-order valence-electron chi connectivity index (χ1n) is 8.40. The van der Waals surface area contributed by atoms with Crippen LogP contribution in [0.3, 0.4) is 0 Å². The summed E-state index contributed by atoms with van der Waals surface area (Å²) in [5.41, 5.74) is 0.523. The summed E-state index contributed by atoms with van der Waals surface area (Å²) < 4.78 is 13.9. The summed E-state index contributed by atoms with van der Waals surface area (Å²) in [5, 5.41) is 3.48. The molecule has 0 spiro atoms. The maximum absolute atomic E-state index is 13.9. The quantitative estimate of drug-likeness (QED) is 0.853. The Morgan fingerprint density at radius 2 is 2.26 bits per heavy atom. The van der Waals surface area contributed by atoms with Gasteiger partial charge in [-0.2, -0.15) is 0 Å². The van der Waals surface area contributed by atoms with Gasteiger partial charge in [-0.05, 0) is 43.9 Å². The molecule has 1 aliphatic heterocycles. The molecule has 1 atom stereocenters. The summed E-state index contributed by atoms with van der Waals surface area (Å²) in [6.07, 6.45) is 2.84. The number of amides is 1. The highest BCUT2D eigenvalue weighted by molar-refractivity contribution is 6.31. The second kappa shape index (κ2) is 8.65. The summed E-state index contributed by atoms with van der Waals surface area (Å²) in [6, 6.07) is 4.75. The predicted molar refractivity (Wildman–Crippen MR) is 91.9 cm³/mol. The Balaban J connectivity index is 1.89. The average Bonchev–Trinajstić information content (AvgIpc) is 2.51. The van der Waals surface area contributed by atoms with Gasteiger partial charge in [0.1, 0.15) is 5.82 Å². The molecule has 1 N–H and O–H groups in total. The monoisotopic (exact) mass is 340 g/mol. The zero-order chi connectivity index (χ0) is 16.8. The van der Waals surface area contributed by atoms with Crippen molar-refractivity contribution in [2.75, 3.05) is 19.6 Å². The second-order valence-electron chi connectivity index (χ2n) is 6.75. The van der Waals surface area contributed by atoms with Gasteiger partial charge in [0.05, 0.1) is 5.92 Å². The first-order valence-corrected chi connectivity index (χ1v) is 8.78. The molecule has 1 aliphatic rings. The molecule has 23 heavy (non-hydrogen) atoms. The highest BCUT2D eigenvalue weighted by Gasteiger charge is 2.26. The van der Waals surface area contributed by atoms with Crippen LogP contribution in [0.5, 0.6) is 0 Å². The Labute approximate surface area is 143 Å². The van der Waals surface area contributed by atoms with E-state index < -0.39 is 0 Å². The molecule has 1 fully saturated rings. The fraction of sp³-hybridized carbons (Fsp3) is 0.611. The molecule has 0 aromatic heterocycles. The number of carbonyl (C=O) groups is 1. The summed E-state index contributed by atoms with van der Waals surface area (Å²) in [7, 11) is 0. The van der Waals surface area contributed by atoms with Crippen molar-refractivity contribution >= 4 is 17.5 Å². The Kier molecular flexibility index (Phi) is 6.85. The van der Waals surface area contributed by atoms with Crippen LogP contribution >= 0.6 is 11.6 Å². The summed E-state index contributed by atoms with van der Waals surface area (Å²) in [6.45, 7) is 7.02. The lowest BCUT2D eigenvalue weighted by atomic mass is 9.96. The molecule has 1 aromatic carbocycles. The van der Waals surface area contributed by atoms with Gasteiger partial charge in [-0.15, -0.1) is 0 Å². The first kappa shape index (κ1) is 18.2. The molecule has 0 aliphatic carbocycles. The van der Waals surface area contributed by atoms with E-state index in [1.54, 1.807) is 12.1 Å². The highest BCUT2D eigenvalue weighted by atomic mass is 35.5. The maximum atomic E-state index is 13.9. The molecule has 0 radical (unpaired) electrons. The lowest BCUT2D eigenvalue weighted by Crippen LogP contribution is -2.43. The molecule has 128 valence electrons. The average molecular weight is 341 g/mol. The van der Waals surface area contributed by atoms with Crippen LogP contribution in [-0.2, 0) is 11.3 Å². The molecular weight excluding hydrogens is 315 g/mol. The van der Waals surface area contributed by atoms with Crippen molar-refractivity contribution in [3.05, 3.63) is 34.6 Å². The van der Waals surface area contributed by atoms with Crippen LogP contribution in [0.15, 0.2) is 18.2 Å². The highest BCUT2D eigenvalue weighted by Crippen LogP contribution is 2.24. The normalized spacial score (nSPS) is 19.1. The van der Waals surface area contributed by atoms with E-state index in [1.807, 2.05) is 0 Å². The molecule has 1 unspecified atom stereocenters. The number of nitrogens with zero attached hydrogens (tertiary/aromatic N) is 1. The van der Waals surface area contributed by atoms with Gasteiger partial charge in [-0.1, -0.05) is 31.5 Å². The minimum atomic E-state index is -0.277.